The van der Waals surface area contributed by atoms with Crippen LogP contribution < -0.4 is 11.1 Å². The molecule has 13 heavy (non-hydrogen) atoms. The maximum Gasteiger partial charge on any atom is 0.238 e. The van der Waals surface area contributed by atoms with Gasteiger partial charge in [0.15, 0.2) is 0 Å². The molecule has 4 heteroatoms. The van der Waals surface area contributed by atoms with Crippen molar-refractivity contribution in [2.24, 2.45) is 5.73 Å². The average molecular weight is 201 g/mol. The molecule has 72 valence electrons. The lowest BCUT2D eigenvalue weighted by atomic mass is 10.2. The van der Waals surface area contributed by atoms with E-state index in [1.54, 1.807) is 0 Å². The summed E-state index contributed by atoms with van der Waals surface area (Å²) in [5.74, 6) is -0.166. The molecular formula is C9H13ClN2O. The molecule has 0 saturated carbocycles. The average Bonchev–Trinajstić information content (AvgIpc) is 2.04. The fourth-order valence-electron chi connectivity index (χ4n) is 0.935. The molecule has 0 fully saturated rings. The van der Waals surface area contributed by atoms with E-state index < -0.39 is 0 Å². The Bertz CT molecular complexity index is 289. The summed E-state index contributed by atoms with van der Waals surface area (Å²) in [6, 6.07) is 7.59. The number of carbonyl (C=O) groups excluding carboxylic acids is 1. The molecular weight excluding hydrogens is 188 g/mol. The molecule has 0 aliphatic heterocycles. The number of carbonyl (C=O) groups is 1. The monoisotopic (exact) mass is 200 g/mol. The molecule has 0 aliphatic rings. The maximum atomic E-state index is 10.9. The van der Waals surface area contributed by atoms with Gasteiger partial charge in [0.1, 0.15) is 0 Å². The van der Waals surface area contributed by atoms with Gasteiger partial charge in [0.25, 0.3) is 0 Å². The van der Waals surface area contributed by atoms with Crippen LogP contribution >= 0.6 is 12.4 Å². The van der Waals surface area contributed by atoms with Gasteiger partial charge in [-0.15, -0.1) is 12.4 Å². The van der Waals surface area contributed by atoms with E-state index in [9.17, 15) is 4.79 Å². The van der Waals surface area contributed by atoms with Crippen molar-refractivity contribution in [2.45, 2.75) is 6.92 Å². The van der Waals surface area contributed by atoms with Crippen molar-refractivity contribution in [2.75, 3.05) is 11.9 Å². The van der Waals surface area contributed by atoms with Crippen molar-refractivity contribution in [1.29, 1.82) is 0 Å². The lowest BCUT2D eigenvalue weighted by Gasteiger charge is -2.03. The Balaban J connectivity index is 0.00000144. The number of rotatable bonds is 2. The number of aryl methyl sites for hydroxylation is 1. The van der Waals surface area contributed by atoms with Crippen molar-refractivity contribution >= 4 is 24.0 Å². The minimum absolute atomic E-state index is 0. The highest BCUT2D eigenvalue weighted by Crippen LogP contribution is 2.08. The second-order valence-corrected chi connectivity index (χ2v) is 2.62. The summed E-state index contributed by atoms with van der Waals surface area (Å²) in [5, 5.41) is 2.67. The fourth-order valence-corrected chi connectivity index (χ4v) is 0.935. The van der Waals surface area contributed by atoms with E-state index >= 15 is 0 Å². The predicted molar refractivity (Wildman–Crippen MR) is 56.1 cm³/mol. The van der Waals surface area contributed by atoms with Crippen molar-refractivity contribution in [3.8, 4) is 0 Å². The first-order valence-electron chi connectivity index (χ1n) is 3.79. The zero-order valence-electron chi connectivity index (χ0n) is 7.41. The van der Waals surface area contributed by atoms with Crippen LogP contribution in [0.15, 0.2) is 24.3 Å². The first-order valence-corrected chi connectivity index (χ1v) is 3.79. The van der Waals surface area contributed by atoms with Crippen LogP contribution in [0.2, 0.25) is 0 Å². The smallest absolute Gasteiger partial charge is 0.238 e. The summed E-state index contributed by atoms with van der Waals surface area (Å²) < 4.78 is 0. The van der Waals surface area contributed by atoms with Gasteiger partial charge in [0.05, 0.1) is 6.54 Å². The van der Waals surface area contributed by atoms with Crippen LogP contribution in [0.25, 0.3) is 0 Å². The van der Waals surface area contributed by atoms with E-state index in [1.165, 1.54) is 0 Å². The van der Waals surface area contributed by atoms with Gasteiger partial charge < -0.3 is 11.1 Å². The van der Waals surface area contributed by atoms with E-state index in [0.717, 1.165) is 11.3 Å². The van der Waals surface area contributed by atoms with Crippen molar-refractivity contribution in [3.63, 3.8) is 0 Å². The SMILES string of the molecule is Cc1cccc(NC(=O)CN)c1.Cl. The van der Waals surface area contributed by atoms with E-state index in [0.29, 0.717) is 0 Å². The van der Waals surface area contributed by atoms with Gasteiger partial charge in [-0.25, -0.2) is 0 Å². The van der Waals surface area contributed by atoms with E-state index in [1.807, 2.05) is 31.2 Å². The number of anilines is 1. The van der Waals surface area contributed by atoms with Gasteiger partial charge in [0.2, 0.25) is 5.91 Å². The summed E-state index contributed by atoms with van der Waals surface area (Å²) in [5.41, 5.74) is 7.06. The Hall–Kier alpha value is -1.06. The molecule has 1 amide bonds. The molecule has 1 aromatic carbocycles. The minimum atomic E-state index is -0.166. The lowest BCUT2D eigenvalue weighted by Crippen LogP contribution is -2.21. The highest BCUT2D eigenvalue weighted by atomic mass is 35.5. The van der Waals surface area contributed by atoms with Crippen LogP contribution in [0.3, 0.4) is 0 Å². The van der Waals surface area contributed by atoms with E-state index in [4.69, 9.17) is 5.73 Å². The Morgan fingerprint density at radius 1 is 1.54 bits per heavy atom. The summed E-state index contributed by atoms with van der Waals surface area (Å²) in [6.45, 7) is 1.99. The molecule has 0 atom stereocenters. The quantitative estimate of drug-likeness (QED) is 0.757. The Kier molecular flexibility index (Phi) is 5.11. The van der Waals surface area contributed by atoms with Crippen molar-refractivity contribution < 1.29 is 4.79 Å². The number of halogens is 1. The Morgan fingerprint density at radius 3 is 2.77 bits per heavy atom. The third-order valence-corrected chi connectivity index (χ3v) is 1.49. The molecule has 1 aromatic rings. The molecule has 3 N–H and O–H groups in total. The summed E-state index contributed by atoms with van der Waals surface area (Å²) in [6.07, 6.45) is 0. The van der Waals surface area contributed by atoms with E-state index in [2.05, 4.69) is 5.32 Å². The highest BCUT2D eigenvalue weighted by Gasteiger charge is 1.97. The molecule has 0 unspecified atom stereocenters. The molecule has 0 aromatic heterocycles. The topological polar surface area (TPSA) is 55.1 Å². The predicted octanol–water partition coefficient (Wildman–Crippen LogP) is 1.31. The molecule has 0 aliphatic carbocycles. The number of hydrogen-bond donors (Lipinski definition) is 2. The molecule has 3 nitrogen and oxygen atoms in total. The number of benzene rings is 1. The number of hydrogen-bond acceptors (Lipinski definition) is 2. The summed E-state index contributed by atoms with van der Waals surface area (Å²) in [7, 11) is 0. The van der Waals surface area contributed by atoms with Gasteiger partial charge in [0, 0.05) is 5.69 Å². The standard InChI is InChI=1S/C9H12N2O.ClH/c1-7-3-2-4-8(5-7)11-9(12)6-10;/h2-5H,6,10H2,1H3,(H,11,12);1H. The molecule has 0 spiro atoms. The van der Waals surface area contributed by atoms with Crippen LogP contribution in [-0.2, 0) is 4.79 Å². The molecule has 0 saturated heterocycles. The largest absolute Gasteiger partial charge is 0.325 e. The van der Waals surface area contributed by atoms with Gasteiger partial charge in [-0.3, -0.25) is 4.79 Å². The van der Waals surface area contributed by atoms with E-state index in [-0.39, 0.29) is 24.9 Å². The normalized spacial score (nSPS) is 8.77. The molecule has 0 radical (unpaired) electrons. The molecule has 0 bridgehead atoms. The van der Waals surface area contributed by atoms with Gasteiger partial charge in [-0.1, -0.05) is 12.1 Å². The van der Waals surface area contributed by atoms with Crippen LogP contribution in [0, 0.1) is 6.92 Å². The maximum absolute atomic E-state index is 10.9. The van der Waals surface area contributed by atoms with Gasteiger partial charge in [-0.05, 0) is 24.6 Å². The second kappa shape index (κ2) is 5.56. The zero-order valence-corrected chi connectivity index (χ0v) is 8.23. The first kappa shape index (κ1) is 11.9. The zero-order chi connectivity index (χ0) is 8.97. The Morgan fingerprint density at radius 2 is 2.23 bits per heavy atom. The number of nitrogens with one attached hydrogen (secondary N) is 1. The molecule has 1 rings (SSSR count). The van der Waals surface area contributed by atoms with Gasteiger partial charge >= 0.3 is 0 Å². The Labute approximate surface area is 83.7 Å². The lowest BCUT2D eigenvalue weighted by molar-refractivity contribution is -0.114. The number of amides is 1. The van der Waals surface area contributed by atoms with Crippen LogP contribution in [0.1, 0.15) is 5.56 Å². The van der Waals surface area contributed by atoms with Crippen molar-refractivity contribution in [3.05, 3.63) is 29.8 Å². The summed E-state index contributed by atoms with van der Waals surface area (Å²) in [4.78, 5) is 10.9. The second-order valence-electron chi connectivity index (χ2n) is 2.62. The van der Waals surface area contributed by atoms with Crippen molar-refractivity contribution in [1.82, 2.24) is 0 Å². The van der Waals surface area contributed by atoms with Crippen LogP contribution in [0.4, 0.5) is 5.69 Å². The first-order chi connectivity index (χ1) is 5.72. The van der Waals surface area contributed by atoms with Gasteiger partial charge in [-0.2, -0.15) is 0 Å². The van der Waals surface area contributed by atoms with Crippen LogP contribution in [0.5, 0.6) is 0 Å². The minimum Gasteiger partial charge on any atom is -0.325 e. The molecule has 0 heterocycles. The highest BCUT2D eigenvalue weighted by molar-refractivity contribution is 5.92. The third kappa shape index (κ3) is 3.92. The fraction of sp³-hybridized carbons (Fsp3) is 0.222. The van der Waals surface area contributed by atoms with Crippen LogP contribution in [-0.4, -0.2) is 12.5 Å². The third-order valence-electron chi connectivity index (χ3n) is 1.49. The summed E-state index contributed by atoms with van der Waals surface area (Å²) >= 11 is 0. The number of nitrogens with two attached hydrogens (primary N) is 1.